The average molecular weight is 188 g/mol. The van der Waals surface area contributed by atoms with Crippen molar-refractivity contribution in [3.8, 4) is 0 Å². The summed E-state index contributed by atoms with van der Waals surface area (Å²) in [7, 11) is 0. The van der Waals surface area contributed by atoms with Gasteiger partial charge in [0.1, 0.15) is 6.61 Å². The topological polar surface area (TPSA) is 26.3 Å². The summed E-state index contributed by atoms with van der Waals surface area (Å²) in [6.45, 7) is 7.43. The molecule has 0 bridgehead atoms. The van der Waals surface area contributed by atoms with Gasteiger partial charge < -0.3 is 4.74 Å². The Hall–Kier alpha value is -0.860. The zero-order valence-corrected chi connectivity index (χ0v) is 8.25. The van der Waals surface area contributed by atoms with Gasteiger partial charge in [0.2, 0.25) is 0 Å². The fourth-order valence-corrected chi connectivity index (χ4v) is 0.829. The molecule has 13 heavy (non-hydrogen) atoms. The highest BCUT2D eigenvalue weighted by Gasteiger charge is 2.18. The number of alkyl halides is 1. The molecule has 0 aromatic heterocycles. The standard InChI is InChI=1S/C10H17FO2/c1-4-7-13-10(12)9(11)6-5-8(2)3/h4,8-9H,1,5-7H2,2-3H3. The lowest BCUT2D eigenvalue weighted by atomic mass is 10.1. The van der Waals surface area contributed by atoms with Crippen molar-refractivity contribution in [1.82, 2.24) is 0 Å². The molecule has 0 aliphatic carbocycles. The summed E-state index contributed by atoms with van der Waals surface area (Å²) in [5.41, 5.74) is 0. The number of carbonyl (C=O) groups excluding carboxylic acids is 1. The molecule has 1 atom stereocenters. The molecule has 0 saturated heterocycles. The van der Waals surface area contributed by atoms with Crippen molar-refractivity contribution in [3.05, 3.63) is 12.7 Å². The van der Waals surface area contributed by atoms with E-state index in [1.165, 1.54) is 6.08 Å². The molecule has 0 amide bonds. The van der Waals surface area contributed by atoms with Gasteiger partial charge >= 0.3 is 5.97 Å². The zero-order valence-electron chi connectivity index (χ0n) is 8.25. The van der Waals surface area contributed by atoms with Gasteiger partial charge in [-0.2, -0.15) is 0 Å². The number of carbonyl (C=O) groups is 1. The van der Waals surface area contributed by atoms with Gasteiger partial charge in [-0.25, -0.2) is 9.18 Å². The number of hydrogen-bond donors (Lipinski definition) is 0. The van der Waals surface area contributed by atoms with Crippen LogP contribution in [0.15, 0.2) is 12.7 Å². The molecule has 2 nitrogen and oxygen atoms in total. The van der Waals surface area contributed by atoms with Crippen molar-refractivity contribution in [2.75, 3.05) is 6.61 Å². The molecule has 0 fully saturated rings. The molecule has 0 aliphatic rings. The molecule has 0 saturated carbocycles. The van der Waals surface area contributed by atoms with E-state index in [1.54, 1.807) is 0 Å². The molecule has 1 unspecified atom stereocenters. The van der Waals surface area contributed by atoms with E-state index in [9.17, 15) is 9.18 Å². The van der Waals surface area contributed by atoms with Crippen molar-refractivity contribution in [3.63, 3.8) is 0 Å². The molecule has 0 radical (unpaired) electrons. The van der Waals surface area contributed by atoms with Gasteiger partial charge in [-0.15, -0.1) is 0 Å². The Labute approximate surface area is 78.8 Å². The summed E-state index contributed by atoms with van der Waals surface area (Å²) in [6.07, 6.45) is 0.882. The van der Waals surface area contributed by atoms with Crippen LogP contribution in [0, 0.1) is 5.92 Å². The molecule has 0 N–H and O–H groups in total. The Morgan fingerprint density at radius 1 is 1.54 bits per heavy atom. The molecule has 0 aromatic rings. The summed E-state index contributed by atoms with van der Waals surface area (Å²) in [4.78, 5) is 10.9. The highest BCUT2D eigenvalue weighted by Crippen LogP contribution is 2.10. The Kier molecular flexibility index (Phi) is 6.20. The SMILES string of the molecule is C=CCOC(=O)C(F)CCC(C)C. The number of hydrogen-bond acceptors (Lipinski definition) is 2. The average Bonchev–Trinajstić information content (AvgIpc) is 2.10. The third-order valence-corrected chi connectivity index (χ3v) is 1.60. The van der Waals surface area contributed by atoms with Crippen molar-refractivity contribution in [1.29, 1.82) is 0 Å². The van der Waals surface area contributed by atoms with Crippen LogP contribution in [0.1, 0.15) is 26.7 Å². The second-order valence-corrected chi connectivity index (χ2v) is 3.36. The minimum Gasteiger partial charge on any atom is -0.459 e. The molecule has 76 valence electrons. The summed E-state index contributed by atoms with van der Waals surface area (Å²) in [5, 5.41) is 0. The summed E-state index contributed by atoms with van der Waals surface area (Å²) in [6, 6.07) is 0. The maximum Gasteiger partial charge on any atom is 0.341 e. The largest absolute Gasteiger partial charge is 0.459 e. The number of halogens is 1. The fourth-order valence-electron chi connectivity index (χ4n) is 0.829. The highest BCUT2D eigenvalue weighted by molar-refractivity contribution is 5.74. The monoisotopic (exact) mass is 188 g/mol. The van der Waals surface area contributed by atoms with E-state index in [-0.39, 0.29) is 13.0 Å². The van der Waals surface area contributed by atoms with E-state index in [0.717, 1.165) is 0 Å². The first-order valence-electron chi connectivity index (χ1n) is 4.49. The van der Waals surface area contributed by atoms with E-state index >= 15 is 0 Å². The van der Waals surface area contributed by atoms with E-state index in [2.05, 4.69) is 11.3 Å². The molecule has 0 aromatic carbocycles. The first-order chi connectivity index (χ1) is 6.07. The van der Waals surface area contributed by atoms with E-state index < -0.39 is 12.1 Å². The molecular weight excluding hydrogens is 171 g/mol. The van der Waals surface area contributed by atoms with Gasteiger partial charge in [0.25, 0.3) is 0 Å². The van der Waals surface area contributed by atoms with Crippen LogP contribution in [0.25, 0.3) is 0 Å². The van der Waals surface area contributed by atoms with Crippen LogP contribution in [0.2, 0.25) is 0 Å². The van der Waals surface area contributed by atoms with Crippen molar-refractivity contribution < 1.29 is 13.9 Å². The van der Waals surface area contributed by atoms with Gasteiger partial charge in [0.15, 0.2) is 6.17 Å². The fraction of sp³-hybridized carbons (Fsp3) is 0.700. The normalized spacial score (nSPS) is 12.6. The van der Waals surface area contributed by atoms with E-state index in [0.29, 0.717) is 12.3 Å². The van der Waals surface area contributed by atoms with Crippen LogP contribution in [0.3, 0.4) is 0 Å². The van der Waals surface area contributed by atoms with E-state index in [4.69, 9.17) is 0 Å². The first kappa shape index (κ1) is 12.1. The predicted molar refractivity (Wildman–Crippen MR) is 50.1 cm³/mol. The Balaban J connectivity index is 3.62. The van der Waals surface area contributed by atoms with E-state index in [1.807, 2.05) is 13.8 Å². The van der Waals surface area contributed by atoms with Gasteiger partial charge in [0, 0.05) is 0 Å². The quantitative estimate of drug-likeness (QED) is 0.473. The molecule has 0 rings (SSSR count). The van der Waals surface area contributed by atoms with Crippen molar-refractivity contribution >= 4 is 5.97 Å². The van der Waals surface area contributed by atoms with Gasteiger partial charge in [-0.3, -0.25) is 0 Å². The number of ether oxygens (including phenoxy) is 1. The predicted octanol–water partition coefficient (Wildman–Crippen LogP) is 2.49. The lowest BCUT2D eigenvalue weighted by molar-refractivity contribution is -0.148. The maximum absolute atomic E-state index is 13.0. The van der Waals surface area contributed by atoms with Crippen molar-refractivity contribution in [2.45, 2.75) is 32.9 Å². The summed E-state index contributed by atoms with van der Waals surface area (Å²) in [5.74, 6) is -0.369. The Morgan fingerprint density at radius 2 is 2.15 bits per heavy atom. The maximum atomic E-state index is 13.0. The van der Waals surface area contributed by atoms with Gasteiger partial charge in [-0.05, 0) is 18.8 Å². The summed E-state index contributed by atoms with van der Waals surface area (Å²) < 4.78 is 17.5. The molecule has 0 heterocycles. The first-order valence-corrected chi connectivity index (χ1v) is 4.49. The van der Waals surface area contributed by atoms with Crippen LogP contribution >= 0.6 is 0 Å². The zero-order chi connectivity index (χ0) is 10.3. The lowest BCUT2D eigenvalue weighted by Crippen LogP contribution is -2.19. The third-order valence-electron chi connectivity index (χ3n) is 1.60. The second kappa shape index (κ2) is 6.63. The molecule has 0 spiro atoms. The second-order valence-electron chi connectivity index (χ2n) is 3.36. The summed E-state index contributed by atoms with van der Waals surface area (Å²) >= 11 is 0. The number of rotatable bonds is 6. The molecular formula is C10H17FO2. The van der Waals surface area contributed by atoms with Crippen LogP contribution in [0.4, 0.5) is 4.39 Å². The smallest absolute Gasteiger partial charge is 0.341 e. The minimum atomic E-state index is -1.48. The van der Waals surface area contributed by atoms with Crippen molar-refractivity contribution in [2.24, 2.45) is 5.92 Å². The Morgan fingerprint density at radius 3 is 2.62 bits per heavy atom. The highest BCUT2D eigenvalue weighted by atomic mass is 19.1. The minimum absolute atomic E-state index is 0.0843. The van der Waals surface area contributed by atoms with Crippen LogP contribution in [-0.4, -0.2) is 18.7 Å². The lowest BCUT2D eigenvalue weighted by Gasteiger charge is -2.08. The third kappa shape index (κ3) is 6.31. The van der Waals surface area contributed by atoms with Gasteiger partial charge in [-0.1, -0.05) is 26.5 Å². The van der Waals surface area contributed by atoms with Crippen LogP contribution in [-0.2, 0) is 9.53 Å². The van der Waals surface area contributed by atoms with Crippen LogP contribution < -0.4 is 0 Å². The van der Waals surface area contributed by atoms with Gasteiger partial charge in [0.05, 0.1) is 0 Å². The number of esters is 1. The van der Waals surface area contributed by atoms with Crippen LogP contribution in [0.5, 0.6) is 0 Å². The molecule has 3 heteroatoms. The Bertz CT molecular complexity index is 166. The molecule has 0 aliphatic heterocycles.